The highest BCUT2D eigenvalue weighted by Crippen LogP contribution is 2.28. The van der Waals surface area contributed by atoms with Crippen molar-refractivity contribution in [2.75, 3.05) is 19.6 Å². The summed E-state index contributed by atoms with van der Waals surface area (Å²) in [6.45, 7) is 3.88. The van der Waals surface area contributed by atoms with Crippen LogP contribution < -0.4 is 5.73 Å². The van der Waals surface area contributed by atoms with Crippen LogP contribution in [0.1, 0.15) is 43.9 Å². The summed E-state index contributed by atoms with van der Waals surface area (Å²) in [5.41, 5.74) is 6.04. The van der Waals surface area contributed by atoms with Crippen molar-refractivity contribution in [1.29, 1.82) is 0 Å². The molecule has 2 aliphatic heterocycles. The normalized spacial score (nSPS) is 22.8. The maximum absolute atomic E-state index is 12.7. The molecule has 0 radical (unpaired) electrons. The lowest BCUT2D eigenvalue weighted by molar-refractivity contribution is -0.134. The Hall–Kier alpha value is -0.670. The molecule has 2 atom stereocenters. The number of carbonyl (C=O) groups is 1. The maximum atomic E-state index is 12.7. The SMILES string of the molecule is CC(N)C1CCCCN1C(=O)Cc1ccc(S(=O)(=O)N2CCCC2)s1.Cl. The van der Waals surface area contributed by atoms with Gasteiger partial charge in [-0.15, -0.1) is 23.7 Å². The van der Waals surface area contributed by atoms with Crippen molar-refractivity contribution in [3.8, 4) is 0 Å². The minimum atomic E-state index is -3.40. The zero-order valence-electron chi connectivity index (χ0n) is 15.1. The molecule has 0 saturated carbocycles. The molecule has 2 unspecified atom stereocenters. The molecule has 0 bridgehead atoms. The van der Waals surface area contributed by atoms with Crippen LogP contribution in [0.3, 0.4) is 0 Å². The van der Waals surface area contributed by atoms with Gasteiger partial charge in [0.1, 0.15) is 4.21 Å². The van der Waals surface area contributed by atoms with Crippen molar-refractivity contribution >= 4 is 39.7 Å². The molecule has 9 heteroatoms. The molecule has 1 aromatic rings. The van der Waals surface area contributed by atoms with Gasteiger partial charge >= 0.3 is 0 Å². The fraction of sp³-hybridized carbons (Fsp3) is 0.706. The van der Waals surface area contributed by atoms with Crippen molar-refractivity contribution in [3.05, 3.63) is 17.0 Å². The number of sulfonamides is 1. The Bertz CT molecular complexity index is 715. The van der Waals surface area contributed by atoms with E-state index >= 15 is 0 Å². The highest BCUT2D eigenvalue weighted by molar-refractivity contribution is 7.91. The summed E-state index contributed by atoms with van der Waals surface area (Å²) in [7, 11) is -3.40. The number of hydrogen-bond donors (Lipinski definition) is 1. The number of halogens is 1. The summed E-state index contributed by atoms with van der Waals surface area (Å²) in [4.78, 5) is 15.4. The van der Waals surface area contributed by atoms with E-state index in [0.717, 1.165) is 43.5 Å². The Kier molecular flexibility index (Phi) is 7.50. The van der Waals surface area contributed by atoms with E-state index < -0.39 is 10.0 Å². The third kappa shape index (κ3) is 4.59. The summed E-state index contributed by atoms with van der Waals surface area (Å²) in [6.07, 6.45) is 5.15. The van der Waals surface area contributed by atoms with Crippen molar-refractivity contribution in [1.82, 2.24) is 9.21 Å². The topological polar surface area (TPSA) is 83.7 Å². The minimum absolute atomic E-state index is 0. The first-order valence-corrected chi connectivity index (χ1v) is 11.3. The second-order valence-corrected chi connectivity index (χ2v) is 10.4. The number of nitrogens with zero attached hydrogens (tertiary/aromatic N) is 2. The number of thiophene rings is 1. The van der Waals surface area contributed by atoms with Crippen LogP contribution in [0.4, 0.5) is 0 Å². The molecule has 2 saturated heterocycles. The number of nitrogens with two attached hydrogens (primary N) is 1. The van der Waals surface area contributed by atoms with Crippen molar-refractivity contribution in [2.45, 2.75) is 61.7 Å². The Morgan fingerprint density at radius 2 is 1.88 bits per heavy atom. The summed E-state index contributed by atoms with van der Waals surface area (Å²) in [5.74, 6) is 0.0500. The predicted octanol–water partition coefficient (Wildman–Crippen LogP) is 2.23. The van der Waals surface area contributed by atoms with Crippen LogP contribution in [0.25, 0.3) is 0 Å². The third-order valence-corrected chi connectivity index (χ3v) is 8.55. The van der Waals surface area contributed by atoms with Gasteiger partial charge in [0.25, 0.3) is 10.0 Å². The van der Waals surface area contributed by atoms with Crippen molar-refractivity contribution in [3.63, 3.8) is 0 Å². The molecule has 3 rings (SSSR count). The minimum Gasteiger partial charge on any atom is -0.338 e. The van der Waals surface area contributed by atoms with Crippen LogP contribution in [0, 0.1) is 0 Å². The number of amides is 1. The summed E-state index contributed by atoms with van der Waals surface area (Å²) >= 11 is 1.22. The molecule has 148 valence electrons. The van der Waals surface area contributed by atoms with Crippen LogP contribution in [-0.2, 0) is 21.2 Å². The zero-order chi connectivity index (χ0) is 18.0. The van der Waals surface area contributed by atoms with Gasteiger partial charge in [-0.1, -0.05) is 0 Å². The van der Waals surface area contributed by atoms with E-state index in [0.29, 0.717) is 17.3 Å². The van der Waals surface area contributed by atoms with Gasteiger partial charge in [0.15, 0.2) is 0 Å². The Balaban J connectivity index is 0.00000243. The third-order valence-electron chi connectivity index (χ3n) is 5.10. The van der Waals surface area contributed by atoms with E-state index in [-0.39, 0.29) is 36.8 Å². The fourth-order valence-corrected chi connectivity index (χ4v) is 6.73. The molecular formula is C17H28ClN3O3S2. The number of carbonyl (C=O) groups excluding carboxylic acids is 1. The van der Waals surface area contributed by atoms with Gasteiger partial charge in [0, 0.05) is 36.6 Å². The van der Waals surface area contributed by atoms with Crippen LogP contribution in [0.5, 0.6) is 0 Å². The van der Waals surface area contributed by atoms with Gasteiger partial charge in [-0.05, 0) is 51.2 Å². The second kappa shape index (κ2) is 9.01. The largest absolute Gasteiger partial charge is 0.338 e. The van der Waals surface area contributed by atoms with E-state index in [1.54, 1.807) is 16.4 Å². The first-order chi connectivity index (χ1) is 11.9. The van der Waals surface area contributed by atoms with Gasteiger partial charge in [-0.2, -0.15) is 4.31 Å². The Morgan fingerprint density at radius 3 is 2.54 bits per heavy atom. The second-order valence-electron chi connectivity index (χ2n) is 7.02. The maximum Gasteiger partial charge on any atom is 0.252 e. The average molecular weight is 422 g/mol. The number of rotatable bonds is 5. The van der Waals surface area contributed by atoms with Gasteiger partial charge in [-0.3, -0.25) is 4.79 Å². The fourth-order valence-electron chi connectivity index (χ4n) is 3.71. The molecule has 1 aromatic heterocycles. The van der Waals surface area contributed by atoms with Crippen LogP contribution >= 0.6 is 23.7 Å². The van der Waals surface area contributed by atoms with E-state index in [2.05, 4.69) is 0 Å². The molecule has 2 fully saturated rings. The summed E-state index contributed by atoms with van der Waals surface area (Å²) in [5, 5.41) is 0. The lowest BCUT2D eigenvalue weighted by Gasteiger charge is -2.38. The molecule has 26 heavy (non-hydrogen) atoms. The highest BCUT2D eigenvalue weighted by atomic mass is 35.5. The van der Waals surface area contributed by atoms with Gasteiger partial charge in [-0.25, -0.2) is 8.42 Å². The molecule has 1 amide bonds. The molecule has 2 N–H and O–H groups in total. The first kappa shape index (κ1) is 21.6. The molecular weight excluding hydrogens is 394 g/mol. The average Bonchev–Trinajstić information content (AvgIpc) is 3.27. The highest BCUT2D eigenvalue weighted by Gasteiger charge is 2.31. The van der Waals surface area contributed by atoms with Crippen molar-refractivity contribution < 1.29 is 13.2 Å². The number of piperidine rings is 1. The summed E-state index contributed by atoms with van der Waals surface area (Å²) in [6, 6.07) is 3.46. The van der Waals surface area contributed by atoms with E-state index in [1.807, 2.05) is 11.8 Å². The smallest absolute Gasteiger partial charge is 0.252 e. The number of likely N-dealkylation sites (tertiary alicyclic amines) is 1. The van der Waals surface area contributed by atoms with E-state index in [4.69, 9.17) is 5.73 Å². The molecule has 2 aliphatic rings. The molecule has 0 spiro atoms. The van der Waals surface area contributed by atoms with Gasteiger partial charge in [0.05, 0.1) is 6.42 Å². The van der Waals surface area contributed by atoms with Crippen LogP contribution in [0.15, 0.2) is 16.3 Å². The number of hydrogen-bond acceptors (Lipinski definition) is 5. The Morgan fingerprint density at radius 1 is 1.23 bits per heavy atom. The molecule has 0 aromatic carbocycles. The van der Waals surface area contributed by atoms with E-state index in [9.17, 15) is 13.2 Å². The molecule has 0 aliphatic carbocycles. The first-order valence-electron chi connectivity index (χ1n) is 9.03. The lowest BCUT2D eigenvalue weighted by Crippen LogP contribution is -2.52. The lowest BCUT2D eigenvalue weighted by atomic mass is 9.96. The van der Waals surface area contributed by atoms with Crippen LogP contribution in [-0.4, -0.2) is 55.2 Å². The monoisotopic (exact) mass is 421 g/mol. The standard InChI is InChI=1S/C17H27N3O3S2.ClH/c1-13(18)15-6-2-3-11-20(15)16(21)12-14-7-8-17(24-14)25(22,23)19-9-4-5-10-19;/h7-8,13,15H,2-6,9-12,18H2,1H3;1H. The predicted molar refractivity (Wildman–Crippen MR) is 106 cm³/mol. The molecule has 6 nitrogen and oxygen atoms in total. The van der Waals surface area contributed by atoms with Crippen molar-refractivity contribution in [2.24, 2.45) is 5.73 Å². The van der Waals surface area contributed by atoms with E-state index in [1.165, 1.54) is 11.3 Å². The molecule has 3 heterocycles. The zero-order valence-corrected chi connectivity index (χ0v) is 17.5. The van der Waals surface area contributed by atoms with Crippen LogP contribution in [0.2, 0.25) is 0 Å². The van der Waals surface area contributed by atoms with Gasteiger partial charge in [0.2, 0.25) is 5.91 Å². The quantitative estimate of drug-likeness (QED) is 0.790. The van der Waals surface area contributed by atoms with Gasteiger partial charge < -0.3 is 10.6 Å². The Labute approximate surface area is 166 Å². The summed E-state index contributed by atoms with van der Waals surface area (Å²) < 4.78 is 27.1.